The fourth-order valence-corrected chi connectivity index (χ4v) is 4.23. The van der Waals surface area contributed by atoms with Crippen molar-refractivity contribution in [2.24, 2.45) is 0 Å². The highest BCUT2D eigenvalue weighted by molar-refractivity contribution is 6.28. The zero-order valence-corrected chi connectivity index (χ0v) is 26.1. The Bertz CT molecular complexity index is 1080. The molecule has 0 aliphatic carbocycles. The second-order valence-corrected chi connectivity index (χ2v) is 10.8. The number of hydrogen-bond donors (Lipinski definition) is 0. The molecule has 6 nitrogen and oxygen atoms in total. The van der Waals surface area contributed by atoms with Crippen LogP contribution in [0.25, 0.3) is 17.3 Å². The van der Waals surface area contributed by atoms with Crippen molar-refractivity contribution in [3.05, 3.63) is 52.7 Å². The minimum atomic E-state index is -0.878. The molecule has 2 heterocycles. The molecule has 0 saturated carbocycles. The summed E-state index contributed by atoms with van der Waals surface area (Å²) in [5, 5.41) is 0.131. The second-order valence-electron chi connectivity index (χ2n) is 10.5. The standard InChI is InChI=1S/C27H34ClFN2O4.2C2H6/c1-16(2)23-21(24(31-25(28)30-23)17-8-10-18(29)11-9-17)13-12-19-14-20(34-27(6,7)33-19)15-22(32)35-26(3,4)5;2*1-2/h8-13,16,19-20H,14-15H2,1-7H3;2*1-2H3/b13-12+;;. The van der Waals surface area contributed by atoms with E-state index in [1.165, 1.54) is 12.1 Å². The summed E-state index contributed by atoms with van der Waals surface area (Å²) in [5.74, 6) is -1.45. The van der Waals surface area contributed by atoms with E-state index in [1.807, 2.05) is 88.3 Å². The normalized spacial score (nSPS) is 18.6. The van der Waals surface area contributed by atoms with Crippen LogP contribution >= 0.6 is 11.6 Å². The van der Waals surface area contributed by atoms with Crippen LogP contribution < -0.4 is 0 Å². The average Bonchev–Trinajstić information content (AvgIpc) is 2.83. The van der Waals surface area contributed by atoms with Crippen molar-refractivity contribution >= 4 is 23.6 Å². The van der Waals surface area contributed by atoms with Gasteiger partial charge >= 0.3 is 5.97 Å². The number of hydrogen-bond acceptors (Lipinski definition) is 6. The van der Waals surface area contributed by atoms with Gasteiger partial charge < -0.3 is 14.2 Å². The zero-order chi connectivity index (χ0) is 30.0. The van der Waals surface area contributed by atoms with Gasteiger partial charge in [0.15, 0.2) is 5.79 Å². The Morgan fingerprint density at radius 3 is 2.26 bits per heavy atom. The molecule has 0 spiro atoms. The lowest BCUT2D eigenvalue weighted by molar-refractivity contribution is -0.290. The second kappa shape index (κ2) is 15.4. The SMILES string of the molecule is CC.CC.CC(C)c1nc(Cl)nc(-c2ccc(F)cc2)c1/C=C/C1CC(CC(=O)OC(C)(C)C)OC(C)(C)O1. The van der Waals surface area contributed by atoms with Gasteiger partial charge in [-0.3, -0.25) is 4.79 Å². The van der Waals surface area contributed by atoms with E-state index in [1.54, 1.807) is 12.1 Å². The quantitative estimate of drug-likeness (QED) is 0.258. The summed E-state index contributed by atoms with van der Waals surface area (Å²) in [5.41, 5.74) is 2.34. The first kappa shape index (κ1) is 34.7. The van der Waals surface area contributed by atoms with Crippen LogP contribution in [-0.4, -0.2) is 39.5 Å². The molecular weight excluding hydrogens is 519 g/mol. The van der Waals surface area contributed by atoms with E-state index < -0.39 is 11.4 Å². The van der Waals surface area contributed by atoms with Crippen molar-refractivity contribution in [2.45, 2.75) is 119 Å². The summed E-state index contributed by atoms with van der Waals surface area (Å²) < 4.78 is 31.1. The van der Waals surface area contributed by atoms with Gasteiger partial charge in [-0.05, 0) is 76.4 Å². The highest BCUT2D eigenvalue weighted by Gasteiger charge is 2.36. The third kappa shape index (κ3) is 11.3. The molecule has 1 aromatic heterocycles. The highest BCUT2D eigenvalue weighted by atomic mass is 35.5. The van der Waals surface area contributed by atoms with Gasteiger partial charge in [-0.15, -0.1) is 0 Å². The van der Waals surface area contributed by atoms with Crippen LogP contribution in [0, 0.1) is 5.82 Å². The first-order valence-electron chi connectivity index (χ1n) is 13.8. The number of benzene rings is 1. The number of rotatable bonds is 6. The van der Waals surface area contributed by atoms with Gasteiger partial charge in [0.05, 0.1) is 30.0 Å². The van der Waals surface area contributed by atoms with Crippen LogP contribution in [0.3, 0.4) is 0 Å². The van der Waals surface area contributed by atoms with Crippen LogP contribution in [0.15, 0.2) is 30.3 Å². The molecule has 2 aromatic rings. The van der Waals surface area contributed by atoms with Crippen molar-refractivity contribution in [1.82, 2.24) is 9.97 Å². The Morgan fingerprint density at radius 1 is 1.13 bits per heavy atom. The molecule has 0 bridgehead atoms. The Kier molecular flexibility index (Phi) is 13.7. The lowest BCUT2D eigenvalue weighted by atomic mass is 9.97. The van der Waals surface area contributed by atoms with Gasteiger partial charge in [0.1, 0.15) is 11.4 Å². The molecule has 0 amide bonds. The smallest absolute Gasteiger partial charge is 0.308 e. The van der Waals surface area contributed by atoms with E-state index >= 15 is 0 Å². The third-order valence-corrected chi connectivity index (χ3v) is 5.45. The number of halogens is 2. The van der Waals surface area contributed by atoms with Gasteiger partial charge in [0.25, 0.3) is 0 Å². The summed E-state index contributed by atoms with van der Waals surface area (Å²) in [4.78, 5) is 21.3. The van der Waals surface area contributed by atoms with Crippen molar-refractivity contribution in [1.29, 1.82) is 0 Å². The van der Waals surface area contributed by atoms with E-state index in [0.717, 1.165) is 16.8 Å². The molecule has 218 valence electrons. The fraction of sp³-hybridized carbons (Fsp3) is 0.581. The summed E-state index contributed by atoms with van der Waals surface area (Å²) in [6.45, 7) is 21.2. The summed E-state index contributed by atoms with van der Waals surface area (Å²) in [6.07, 6.45) is 3.79. The van der Waals surface area contributed by atoms with Crippen molar-refractivity contribution < 1.29 is 23.4 Å². The molecule has 1 aromatic carbocycles. The molecule has 1 fully saturated rings. The lowest BCUT2D eigenvalue weighted by Gasteiger charge is -2.39. The number of aromatic nitrogens is 2. The van der Waals surface area contributed by atoms with Crippen LogP contribution in [-0.2, 0) is 19.0 Å². The van der Waals surface area contributed by atoms with Gasteiger partial charge in [-0.25, -0.2) is 14.4 Å². The Balaban J connectivity index is 0.00000181. The van der Waals surface area contributed by atoms with Crippen molar-refractivity contribution in [3.8, 4) is 11.3 Å². The Labute approximate surface area is 239 Å². The van der Waals surface area contributed by atoms with E-state index in [4.69, 9.17) is 25.8 Å². The van der Waals surface area contributed by atoms with Crippen LogP contribution in [0.1, 0.15) is 106 Å². The highest BCUT2D eigenvalue weighted by Crippen LogP contribution is 2.33. The van der Waals surface area contributed by atoms with Crippen molar-refractivity contribution in [3.63, 3.8) is 0 Å². The predicted molar refractivity (Wildman–Crippen MR) is 157 cm³/mol. The first-order chi connectivity index (χ1) is 18.2. The molecule has 1 aliphatic rings. The predicted octanol–water partition coefficient (Wildman–Crippen LogP) is 8.77. The summed E-state index contributed by atoms with van der Waals surface area (Å²) >= 11 is 6.24. The minimum Gasteiger partial charge on any atom is -0.460 e. The number of carbonyl (C=O) groups is 1. The van der Waals surface area contributed by atoms with Gasteiger partial charge in [-0.2, -0.15) is 0 Å². The Morgan fingerprint density at radius 2 is 1.72 bits per heavy atom. The van der Waals surface area contributed by atoms with E-state index in [-0.39, 0.29) is 41.6 Å². The molecule has 0 N–H and O–H groups in total. The number of nitrogens with zero attached hydrogens (tertiary/aromatic N) is 2. The molecule has 8 heteroatoms. The van der Waals surface area contributed by atoms with Gasteiger partial charge in [0.2, 0.25) is 5.28 Å². The van der Waals surface area contributed by atoms with E-state index in [0.29, 0.717) is 12.1 Å². The molecule has 2 atom stereocenters. The number of ether oxygens (including phenoxy) is 3. The molecular formula is C31H46ClFN2O4. The molecule has 39 heavy (non-hydrogen) atoms. The van der Waals surface area contributed by atoms with Crippen LogP contribution in [0.5, 0.6) is 0 Å². The van der Waals surface area contributed by atoms with Crippen LogP contribution in [0.4, 0.5) is 4.39 Å². The monoisotopic (exact) mass is 564 g/mol. The number of carbonyl (C=O) groups excluding carboxylic acids is 1. The molecule has 0 radical (unpaired) electrons. The average molecular weight is 565 g/mol. The summed E-state index contributed by atoms with van der Waals surface area (Å²) in [7, 11) is 0. The zero-order valence-electron chi connectivity index (χ0n) is 25.4. The van der Waals surface area contributed by atoms with Gasteiger partial charge in [0, 0.05) is 17.5 Å². The van der Waals surface area contributed by atoms with Gasteiger partial charge in [-0.1, -0.05) is 53.7 Å². The third-order valence-electron chi connectivity index (χ3n) is 5.29. The molecule has 2 unspecified atom stereocenters. The maximum absolute atomic E-state index is 13.5. The minimum absolute atomic E-state index is 0.0707. The molecule has 1 saturated heterocycles. The number of esters is 1. The van der Waals surface area contributed by atoms with E-state index in [2.05, 4.69) is 9.97 Å². The first-order valence-corrected chi connectivity index (χ1v) is 14.2. The largest absolute Gasteiger partial charge is 0.460 e. The maximum Gasteiger partial charge on any atom is 0.308 e. The topological polar surface area (TPSA) is 70.5 Å². The van der Waals surface area contributed by atoms with Crippen molar-refractivity contribution in [2.75, 3.05) is 0 Å². The van der Waals surface area contributed by atoms with Crippen LogP contribution in [0.2, 0.25) is 5.28 Å². The molecule has 3 rings (SSSR count). The molecule has 1 aliphatic heterocycles. The fourth-order valence-electron chi connectivity index (χ4n) is 4.06. The maximum atomic E-state index is 13.5. The van der Waals surface area contributed by atoms with E-state index in [9.17, 15) is 9.18 Å². The Hall–Kier alpha value is -2.35. The summed E-state index contributed by atoms with van der Waals surface area (Å²) in [6, 6.07) is 6.11. The lowest BCUT2D eigenvalue weighted by Crippen LogP contribution is -2.45.